The number of anilines is 1. The predicted octanol–water partition coefficient (Wildman–Crippen LogP) is 5.51. The molecule has 1 saturated heterocycles. The summed E-state index contributed by atoms with van der Waals surface area (Å²) in [6.07, 6.45) is -9.32. The molecule has 32 heavy (non-hydrogen) atoms. The minimum absolute atomic E-state index is 0.0331. The lowest BCUT2D eigenvalue weighted by Gasteiger charge is -2.29. The van der Waals surface area contributed by atoms with Crippen molar-refractivity contribution in [3.8, 4) is 6.07 Å². The Morgan fingerprint density at radius 2 is 1.59 bits per heavy atom. The summed E-state index contributed by atoms with van der Waals surface area (Å²) in [5, 5.41) is 8.87. The average Bonchev–Trinajstić information content (AvgIpc) is 2.86. The van der Waals surface area contributed by atoms with Crippen molar-refractivity contribution in [2.75, 3.05) is 4.90 Å². The first-order chi connectivity index (χ1) is 14.7. The molecule has 1 aliphatic rings. The number of benzene rings is 2. The van der Waals surface area contributed by atoms with E-state index in [1.54, 1.807) is 0 Å². The number of thiocarbonyl (C=S) groups is 1. The maximum Gasteiger partial charge on any atom is 0.417 e. The molecule has 0 radical (unpaired) electrons. The highest BCUT2D eigenvalue weighted by Crippen LogP contribution is 2.38. The third-order valence-corrected chi connectivity index (χ3v) is 5.54. The van der Waals surface area contributed by atoms with Crippen LogP contribution in [0.1, 0.15) is 36.1 Å². The molecule has 168 valence electrons. The highest BCUT2D eigenvalue weighted by atomic mass is 32.1. The summed E-state index contributed by atoms with van der Waals surface area (Å²) >= 11 is 5.36. The molecule has 1 heterocycles. The van der Waals surface area contributed by atoms with Gasteiger partial charge in [0.05, 0.1) is 28.4 Å². The molecule has 4 nitrogen and oxygen atoms in total. The van der Waals surface area contributed by atoms with E-state index in [1.807, 2.05) is 0 Å². The van der Waals surface area contributed by atoms with Gasteiger partial charge in [-0.1, -0.05) is 12.1 Å². The molecule has 2 aromatic carbocycles. The van der Waals surface area contributed by atoms with Crippen molar-refractivity contribution in [2.24, 2.45) is 0 Å². The molecule has 1 amide bonds. The Labute approximate surface area is 184 Å². The van der Waals surface area contributed by atoms with Gasteiger partial charge in [0.1, 0.15) is 5.54 Å². The summed E-state index contributed by atoms with van der Waals surface area (Å²) in [6.45, 7) is 2.99. The molecule has 0 atom stereocenters. The van der Waals surface area contributed by atoms with E-state index in [2.05, 4.69) is 0 Å². The van der Waals surface area contributed by atoms with E-state index in [1.165, 1.54) is 43.0 Å². The average molecular weight is 471 g/mol. The lowest BCUT2D eigenvalue weighted by atomic mass is 10.0. The van der Waals surface area contributed by atoms with Crippen molar-refractivity contribution in [3.05, 3.63) is 64.7 Å². The van der Waals surface area contributed by atoms with E-state index < -0.39 is 40.5 Å². The number of nitriles is 1. The van der Waals surface area contributed by atoms with Crippen molar-refractivity contribution in [1.82, 2.24) is 4.90 Å². The number of rotatable bonds is 3. The van der Waals surface area contributed by atoms with Crippen LogP contribution in [0.5, 0.6) is 0 Å². The van der Waals surface area contributed by atoms with Crippen molar-refractivity contribution < 1.29 is 31.1 Å². The summed E-state index contributed by atoms with van der Waals surface area (Å²) in [4.78, 5) is 15.4. The SMILES string of the molecule is CC1(C)C(=O)N(c2ccc(C#N)c(C(F)(F)F)c2)C(=S)N1Cc1ccc(C(F)(F)F)cc1. The number of hydrogen-bond donors (Lipinski definition) is 0. The normalized spacial score (nSPS) is 16.5. The first-order valence-corrected chi connectivity index (χ1v) is 9.52. The molecular formula is C21H15F6N3OS. The Bertz CT molecular complexity index is 1120. The quantitative estimate of drug-likeness (QED) is 0.438. The minimum atomic E-state index is -4.82. The first kappa shape index (κ1) is 23.5. The van der Waals surface area contributed by atoms with Crippen LogP contribution in [-0.2, 0) is 23.7 Å². The maximum absolute atomic E-state index is 13.4. The van der Waals surface area contributed by atoms with Gasteiger partial charge in [-0.15, -0.1) is 0 Å². The van der Waals surface area contributed by atoms with Crippen LogP contribution in [0.3, 0.4) is 0 Å². The molecule has 0 aromatic heterocycles. The van der Waals surface area contributed by atoms with E-state index in [9.17, 15) is 31.1 Å². The fourth-order valence-electron chi connectivity index (χ4n) is 3.31. The summed E-state index contributed by atoms with van der Waals surface area (Å²) in [7, 11) is 0. The fourth-order valence-corrected chi connectivity index (χ4v) is 3.79. The highest BCUT2D eigenvalue weighted by molar-refractivity contribution is 7.80. The minimum Gasteiger partial charge on any atom is -0.330 e. The summed E-state index contributed by atoms with van der Waals surface area (Å²) in [5.41, 5.74) is -3.63. The number of hydrogen-bond acceptors (Lipinski definition) is 3. The van der Waals surface area contributed by atoms with Gasteiger partial charge in [-0.05, 0) is 62.0 Å². The Morgan fingerprint density at radius 1 is 1.00 bits per heavy atom. The Kier molecular flexibility index (Phi) is 5.72. The Morgan fingerprint density at radius 3 is 2.09 bits per heavy atom. The van der Waals surface area contributed by atoms with Crippen molar-refractivity contribution in [1.29, 1.82) is 5.26 Å². The van der Waals surface area contributed by atoms with Gasteiger partial charge in [0.2, 0.25) is 0 Å². The molecule has 0 bridgehead atoms. The second-order valence-corrected chi connectivity index (χ2v) is 7.97. The second-order valence-electron chi connectivity index (χ2n) is 7.60. The van der Waals surface area contributed by atoms with Gasteiger partial charge in [-0.3, -0.25) is 9.69 Å². The molecule has 0 saturated carbocycles. The van der Waals surface area contributed by atoms with E-state index >= 15 is 0 Å². The zero-order valence-electron chi connectivity index (χ0n) is 16.7. The van der Waals surface area contributed by atoms with Crippen LogP contribution in [0.15, 0.2) is 42.5 Å². The Balaban J connectivity index is 1.96. The molecule has 11 heteroatoms. The maximum atomic E-state index is 13.4. The molecule has 0 spiro atoms. The van der Waals surface area contributed by atoms with Crippen LogP contribution in [-0.4, -0.2) is 21.5 Å². The van der Waals surface area contributed by atoms with Gasteiger partial charge in [0, 0.05) is 6.54 Å². The Hall–Kier alpha value is -3.13. The van der Waals surface area contributed by atoms with Gasteiger partial charge in [0.25, 0.3) is 5.91 Å². The number of nitrogens with zero attached hydrogens (tertiary/aromatic N) is 3. The van der Waals surface area contributed by atoms with E-state index in [-0.39, 0.29) is 17.3 Å². The first-order valence-electron chi connectivity index (χ1n) is 9.11. The smallest absolute Gasteiger partial charge is 0.330 e. The molecular weight excluding hydrogens is 456 g/mol. The van der Waals surface area contributed by atoms with Crippen molar-refractivity contribution in [3.63, 3.8) is 0 Å². The molecule has 0 aliphatic carbocycles. The second kappa shape index (κ2) is 7.78. The van der Waals surface area contributed by atoms with Gasteiger partial charge >= 0.3 is 12.4 Å². The molecule has 0 N–H and O–H groups in total. The van der Waals surface area contributed by atoms with Crippen molar-refractivity contribution >= 4 is 28.9 Å². The van der Waals surface area contributed by atoms with Crippen LogP contribution < -0.4 is 4.90 Å². The zero-order valence-corrected chi connectivity index (χ0v) is 17.5. The third-order valence-electron chi connectivity index (χ3n) is 5.13. The molecule has 1 fully saturated rings. The van der Waals surface area contributed by atoms with Crippen LogP contribution in [0, 0.1) is 11.3 Å². The lowest BCUT2D eigenvalue weighted by Crippen LogP contribution is -2.43. The number of alkyl halides is 6. The topological polar surface area (TPSA) is 47.3 Å². The lowest BCUT2D eigenvalue weighted by molar-refractivity contribution is -0.138. The van der Waals surface area contributed by atoms with E-state index in [0.29, 0.717) is 11.6 Å². The molecule has 0 unspecified atom stereocenters. The zero-order chi connectivity index (χ0) is 24.1. The van der Waals surface area contributed by atoms with Crippen LogP contribution >= 0.6 is 12.2 Å². The van der Waals surface area contributed by atoms with Crippen molar-refractivity contribution in [2.45, 2.75) is 38.3 Å². The summed E-state index contributed by atoms with van der Waals surface area (Å²) < 4.78 is 78.4. The van der Waals surface area contributed by atoms with Crippen LogP contribution in [0.25, 0.3) is 0 Å². The summed E-state index contributed by atoms with van der Waals surface area (Å²) in [6, 6.07) is 8.59. The number of amides is 1. The standard InChI is InChI=1S/C21H15F6N3OS/c1-19(2)17(31)30(15-8-5-13(10-28)16(9-15)21(25,26)27)18(32)29(19)11-12-3-6-14(7-4-12)20(22,23)24/h3-9H,11H2,1-2H3. The number of carbonyl (C=O) groups excluding carboxylic acids is 1. The van der Waals surface area contributed by atoms with Gasteiger partial charge in [-0.25, -0.2) is 0 Å². The van der Waals surface area contributed by atoms with Gasteiger partial charge < -0.3 is 4.90 Å². The van der Waals surface area contributed by atoms with Gasteiger partial charge in [-0.2, -0.15) is 31.6 Å². The largest absolute Gasteiger partial charge is 0.417 e. The molecule has 2 aromatic rings. The highest BCUT2D eigenvalue weighted by Gasteiger charge is 2.50. The van der Waals surface area contributed by atoms with E-state index in [4.69, 9.17) is 17.5 Å². The summed E-state index contributed by atoms with van der Waals surface area (Å²) in [5.74, 6) is -0.604. The van der Waals surface area contributed by atoms with Crippen LogP contribution in [0.2, 0.25) is 0 Å². The van der Waals surface area contributed by atoms with E-state index in [0.717, 1.165) is 23.1 Å². The fraction of sp³-hybridized carbons (Fsp3) is 0.286. The third kappa shape index (κ3) is 4.14. The molecule has 1 aliphatic heterocycles. The number of carbonyl (C=O) groups is 1. The monoisotopic (exact) mass is 471 g/mol. The predicted molar refractivity (Wildman–Crippen MR) is 107 cm³/mol. The molecule has 3 rings (SSSR count). The number of halogens is 6. The van der Waals surface area contributed by atoms with Crippen LogP contribution in [0.4, 0.5) is 32.0 Å². The van der Waals surface area contributed by atoms with Gasteiger partial charge in [0.15, 0.2) is 5.11 Å².